The molecule has 0 atom stereocenters. The summed E-state index contributed by atoms with van der Waals surface area (Å²) >= 11 is 0. The summed E-state index contributed by atoms with van der Waals surface area (Å²) in [5, 5.41) is 0. The lowest BCUT2D eigenvalue weighted by Crippen LogP contribution is -2.35. The molecular formula is C21H19F3N4O. The van der Waals surface area contributed by atoms with Gasteiger partial charge in [-0.25, -0.2) is 4.98 Å². The van der Waals surface area contributed by atoms with Gasteiger partial charge in [-0.1, -0.05) is 18.2 Å². The zero-order valence-electron chi connectivity index (χ0n) is 15.8. The first-order valence-corrected chi connectivity index (χ1v) is 9.22. The van der Waals surface area contributed by atoms with E-state index in [-0.39, 0.29) is 5.56 Å². The van der Waals surface area contributed by atoms with Gasteiger partial charge in [-0.05, 0) is 30.2 Å². The van der Waals surface area contributed by atoms with Crippen LogP contribution in [0.15, 0.2) is 47.5 Å². The summed E-state index contributed by atoms with van der Waals surface area (Å²) in [6.07, 6.45) is -0.178. The second-order valence-electron chi connectivity index (χ2n) is 7.25. The van der Waals surface area contributed by atoms with E-state index in [1.807, 2.05) is 13.1 Å². The van der Waals surface area contributed by atoms with Crippen LogP contribution in [0.4, 0.5) is 13.2 Å². The molecule has 3 aromatic rings. The van der Waals surface area contributed by atoms with Crippen molar-refractivity contribution in [2.75, 3.05) is 6.54 Å². The second kappa shape index (κ2) is 7.44. The molecule has 1 aromatic carbocycles. The number of benzene rings is 1. The second-order valence-corrected chi connectivity index (χ2v) is 7.25. The highest BCUT2D eigenvalue weighted by molar-refractivity contribution is 5.56. The normalized spacial score (nSPS) is 14.6. The summed E-state index contributed by atoms with van der Waals surface area (Å²) in [6.45, 7) is 3.89. The number of nitrogens with one attached hydrogen (secondary N) is 1. The van der Waals surface area contributed by atoms with Gasteiger partial charge < -0.3 is 4.98 Å². The minimum absolute atomic E-state index is 0.253. The molecule has 0 amide bonds. The van der Waals surface area contributed by atoms with E-state index in [0.29, 0.717) is 42.2 Å². The first-order valence-electron chi connectivity index (χ1n) is 9.22. The summed E-state index contributed by atoms with van der Waals surface area (Å²) in [6, 6.07) is 6.71. The average molecular weight is 400 g/mol. The Hall–Kier alpha value is -3.00. The minimum Gasteiger partial charge on any atom is -0.306 e. The molecule has 5 nitrogen and oxygen atoms in total. The quantitative estimate of drug-likeness (QED) is 0.728. The monoisotopic (exact) mass is 400 g/mol. The van der Waals surface area contributed by atoms with Crippen LogP contribution in [0.1, 0.15) is 27.9 Å². The number of pyridine rings is 1. The van der Waals surface area contributed by atoms with Crippen LogP contribution >= 0.6 is 0 Å². The molecule has 0 fully saturated rings. The van der Waals surface area contributed by atoms with Gasteiger partial charge in [0, 0.05) is 44.0 Å². The predicted octanol–water partition coefficient (Wildman–Crippen LogP) is 3.72. The largest absolute Gasteiger partial charge is 0.416 e. The molecule has 0 saturated heterocycles. The van der Waals surface area contributed by atoms with Gasteiger partial charge in [-0.3, -0.25) is 14.7 Å². The SMILES string of the molecule is Cc1cncc(CN2CCc3nc(-c4ccc(C(F)(F)F)cc4)[nH]c(=O)c3C2)c1. The molecule has 1 N–H and O–H groups in total. The average Bonchev–Trinajstić information content (AvgIpc) is 2.68. The highest BCUT2D eigenvalue weighted by atomic mass is 19.4. The van der Waals surface area contributed by atoms with E-state index in [1.165, 1.54) is 12.1 Å². The van der Waals surface area contributed by atoms with Crippen molar-refractivity contribution in [3.63, 3.8) is 0 Å². The number of aromatic amines is 1. The third-order valence-electron chi connectivity index (χ3n) is 4.97. The molecule has 1 aliphatic heterocycles. The molecule has 2 aromatic heterocycles. The van der Waals surface area contributed by atoms with Crippen molar-refractivity contribution in [1.82, 2.24) is 19.9 Å². The molecule has 3 heterocycles. The summed E-state index contributed by atoms with van der Waals surface area (Å²) in [7, 11) is 0. The Balaban J connectivity index is 1.56. The summed E-state index contributed by atoms with van der Waals surface area (Å²) in [4.78, 5) is 26.2. The van der Waals surface area contributed by atoms with Gasteiger partial charge in [0.15, 0.2) is 0 Å². The Labute approximate surface area is 165 Å². The van der Waals surface area contributed by atoms with Gasteiger partial charge in [0.2, 0.25) is 0 Å². The minimum atomic E-state index is -4.40. The Morgan fingerprint density at radius 3 is 2.62 bits per heavy atom. The van der Waals surface area contributed by atoms with Crippen molar-refractivity contribution in [1.29, 1.82) is 0 Å². The number of hydrogen-bond donors (Lipinski definition) is 1. The van der Waals surface area contributed by atoms with Crippen LogP contribution in [0.5, 0.6) is 0 Å². The highest BCUT2D eigenvalue weighted by Crippen LogP contribution is 2.30. The predicted molar refractivity (Wildman–Crippen MR) is 102 cm³/mol. The Morgan fingerprint density at radius 2 is 1.93 bits per heavy atom. The van der Waals surface area contributed by atoms with Crippen molar-refractivity contribution in [3.05, 3.63) is 81.0 Å². The smallest absolute Gasteiger partial charge is 0.306 e. The third kappa shape index (κ3) is 4.22. The Morgan fingerprint density at radius 1 is 1.17 bits per heavy atom. The number of aromatic nitrogens is 3. The first kappa shape index (κ1) is 19.3. The number of nitrogens with zero attached hydrogens (tertiary/aromatic N) is 3. The number of rotatable bonds is 3. The fourth-order valence-corrected chi connectivity index (χ4v) is 3.53. The Kier molecular flexibility index (Phi) is 4.96. The third-order valence-corrected chi connectivity index (χ3v) is 4.97. The fourth-order valence-electron chi connectivity index (χ4n) is 3.53. The van der Waals surface area contributed by atoms with Crippen LogP contribution in [0.3, 0.4) is 0 Å². The van der Waals surface area contributed by atoms with E-state index in [9.17, 15) is 18.0 Å². The lowest BCUT2D eigenvalue weighted by molar-refractivity contribution is -0.137. The number of hydrogen-bond acceptors (Lipinski definition) is 4. The van der Waals surface area contributed by atoms with Gasteiger partial charge in [0.1, 0.15) is 5.82 Å². The van der Waals surface area contributed by atoms with Crippen LogP contribution in [-0.2, 0) is 25.7 Å². The van der Waals surface area contributed by atoms with Crippen LogP contribution in [0.2, 0.25) is 0 Å². The number of halogens is 3. The molecule has 0 spiro atoms. The van der Waals surface area contributed by atoms with E-state index in [1.54, 1.807) is 6.20 Å². The maximum atomic E-state index is 12.7. The molecule has 4 rings (SSSR count). The van der Waals surface area contributed by atoms with Crippen molar-refractivity contribution < 1.29 is 13.2 Å². The van der Waals surface area contributed by atoms with E-state index in [4.69, 9.17) is 0 Å². The zero-order chi connectivity index (χ0) is 20.6. The molecular weight excluding hydrogens is 381 g/mol. The van der Waals surface area contributed by atoms with Gasteiger partial charge in [0.05, 0.1) is 16.8 Å². The van der Waals surface area contributed by atoms with E-state index in [0.717, 1.165) is 29.8 Å². The van der Waals surface area contributed by atoms with Gasteiger partial charge in [-0.2, -0.15) is 13.2 Å². The molecule has 0 saturated carbocycles. The molecule has 8 heteroatoms. The molecule has 29 heavy (non-hydrogen) atoms. The summed E-state index contributed by atoms with van der Waals surface area (Å²) in [5.41, 5.74) is 2.93. The lowest BCUT2D eigenvalue weighted by atomic mass is 10.0. The molecule has 0 unspecified atom stereocenters. The molecule has 0 radical (unpaired) electrons. The topological polar surface area (TPSA) is 61.9 Å². The van der Waals surface area contributed by atoms with Crippen LogP contribution in [0, 0.1) is 6.92 Å². The van der Waals surface area contributed by atoms with Gasteiger partial charge >= 0.3 is 6.18 Å². The van der Waals surface area contributed by atoms with Crippen molar-refractivity contribution in [3.8, 4) is 11.4 Å². The summed E-state index contributed by atoms with van der Waals surface area (Å²) in [5.74, 6) is 0.291. The maximum absolute atomic E-state index is 12.7. The Bertz CT molecular complexity index is 1090. The highest BCUT2D eigenvalue weighted by Gasteiger charge is 2.30. The fraction of sp³-hybridized carbons (Fsp3) is 0.286. The molecule has 1 aliphatic rings. The van der Waals surface area contributed by atoms with E-state index >= 15 is 0 Å². The van der Waals surface area contributed by atoms with Gasteiger partial charge in [-0.15, -0.1) is 0 Å². The van der Waals surface area contributed by atoms with Crippen molar-refractivity contribution in [2.24, 2.45) is 0 Å². The van der Waals surface area contributed by atoms with E-state index < -0.39 is 11.7 Å². The molecule has 150 valence electrons. The maximum Gasteiger partial charge on any atom is 0.416 e. The van der Waals surface area contributed by atoms with Crippen molar-refractivity contribution >= 4 is 0 Å². The zero-order valence-corrected chi connectivity index (χ0v) is 15.8. The van der Waals surface area contributed by atoms with E-state index in [2.05, 4.69) is 25.9 Å². The van der Waals surface area contributed by atoms with Crippen LogP contribution < -0.4 is 5.56 Å². The lowest BCUT2D eigenvalue weighted by Gasteiger charge is -2.27. The molecule has 0 aliphatic carbocycles. The van der Waals surface area contributed by atoms with Crippen LogP contribution in [0.25, 0.3) is 11.4 Å². The van der Waals surface area contributed by atoms with Crippen LogP contribution in [-0.4, -0.2) is 26.4 Å². The standard InChI is InChI=1S/C21H19F3N4O/c1-13-8-14(10-25-9-13)11-28-7-6-18-17(12-28)20(29)27-19(26-18)15-2-4-16(5-3-15)21(22,23)24/h2-5,8-10H,6-7,11-12H2,1H3,(H,26,27,29). The number of alkyl halides is 3. The molecule has 0 bridgehead atoms. The van der Waals surface area contributed by atoms with Crippen molar-refractivity contribution in [2.45, 2.75) is 32.6 Å². The summed E-state index contributed by atoms with van der Waals surface area (Å²) < 4.78 is 38.2. The number of aryl methyl sites for hydroxylation is 1. The number of H-pyrrole nitrogens is 1. The number of fused-ring (bicyclic) bond motifs is 1. The van der Waals surface area contributed by atoms with Gasteiger partial charge in [0.25, 0.3) is 5.56 Å². The first-order chi connectivity index (χ1) is 13.8.